The van der Waals surface area contributed by atoms with Crippen LogP contribution in [-0.2, 0) is 11.2 Å². The van der Waals surface area contributed by atoms with Crippen LogP contribution >= 0.6 is 11.3 Å². The first kappa shape index (κ1) is 24.8. The van der Waals surface area contributed by atoms with Gasteiger partial charge in [-0.3, -0.25) is 9.59 Å². The lowest BCUT2D eigenvalue weighted by molar-refractivity contribution is -0.136. The van der Waals surface area contributed by atoms with Crippen LogP contribution in [-0.4, -0.2) is 54.5 Å². The smallest absolute Gasteiger partial charge is 0.254 e. The van der Waals surface area contributed by atoms with Crippen LogP contribution < -0.4 is 9.47 Å². The molecule has 184 valence electrons. The van der Waals surface area contributed by atoms with E-state index in [1.807, 2.05) is 74.2 Å². The second kappa shape index (κ2) is 11.0. The molecule has 1 aliphatic heterocycles. The van der Waals surface area contributed by atoms with Gasteiger partial charge in [0.2, 0.25) is 5.91 Å². The summed E-state index contributed by atoms with van der Waals surface area (Å²) in [5.41, 5.74) is 2.80. The van der Waals surface area contributed by atoms with Gasteiger partial charge in [0.1, 0.15) is 13.2 Å². The molecular weight excluding hydrogens is 460 g/mol. The molecule has 2 heterocycles. The van der Waals surface area contributed by atoms with Crippen LogP contribution in [0.15, 0.2) is 60.0 Å². The normalized spacial score (nSPS) is 15.0. The van der Waals surface area contributed by atoms with Gasteiger partial charge in [0, 0.05) is 23.0 Å². The van der Waals surface area contributed by atoms with Gasteiger partial charge in [0.05, 0.1) is 13.2 Å². The minimum absolute atomic E-state index is 0.0228. The number of para-hydroxylation sites is 2. The Balaban J connectivity index is 1.54. The van der Waals surface area contributed by atoms with Crippen LogP contribution in [0.4, 0.5) is 0 Å². The first-order valence-electron chi connectivity index (χ1n) is 11.9. The highest BCUT2D eigenvalue weighted by atomic mass is 32.1. The van der Waals surface area contributed by atoms with Gasteiger partial charge >= 0.3 is 0 Å². The minimum Gasteiger partial charge on any atom is -0.493 e. The van der Waals surface area contributed by atoms with Crippen molar-refractivity contribution in [2.45, 2.75) is 39.3 Å². The first-order chi connectivity index (χ1) is 16.9. The molecular formula is C28H32N2O4S. The van der Waals surface area contributed by atoms with E-state index in [4.69, 9.17) is 9.47 Å². The molecule has 7 heteroatoms. The molecule has 6 nitrogen and oxygen atoms in total. The van der Waals surface area contributed by atoms with E-state index in [1.54, 1.807) is 23.3 Å². The molecule has 2 amide bonds. The number of rotatable bonds is 8. The SMILES string of the molecule is COc1ccccc1OCC1c2ccsc2CCN1C(=O)CN(C(=O)c1ccc(C)cc1)C(C)C. The average molecular weight is 493 g/mol. The molecule has 0 saturated heterocycles. The Labute approximate surface area is 211 Å². The average Bonchev–Trinajstić information content (AvgIpc) is 3.35. The summed E-state index contributed by atoms with van der Waals surface area (Å²) < 4.78 is 11.6. The Morgan fingerprint density at radius 1 is 1.09 bits per heavy atom. The maximum absolute atomic E-state index is 13.6. The number of fused-ring (bicyclic) bond motifs is 1. The first-order valence-corrected chi connectivity index (χ1v) is 12.8. The highest BCUT2D eigenvalue weighted by Crippen LogP contribution is 2.35. The van der Waals surface area contributed by atoms with Crippen molar-refractivity contribution in [1.82, 2.24) is 9.80 Å². The molecule has 0 bridgehead atoms. The molecule has 0 aliphatic carbocycles. The Bertz CT molecular complexity index is 1170. The van der Waals surface area contributed by atoms with Crippen LogP contribution in [0.2, 0.25) is 0 Å². The van der Waals surface area contributed by atoms with Crippen molar-refractivity contribution in [3.05, 3.63) is 81.5 Å². The third-order valence-corrected chi connectivity index (χ3v) is 7.37. The lowest BCUT2D eigenvalue weighted by Crippen LogP contribution is -2.49. The number of hydrogen-bond acceptors (Lipinski definition) is 5. The summed E-state index contributed by atoms with van der Waals surface area (Å²) in [4.78, 5) is 31.7. The van der Waals surface area contributed by atoms with E-state index in [9.17, 15) is 9.59 Å². The molecule has 0 spiro atoms. The van der Waals surface area contributed by atoms with Crippen molar-refractivity contribution < 1.29 is 19.1 Å². The van der Waals surface area contributed by atoms with Crippen LogP contribution in [0, 0.1) is 6.92 Å². The quantitative estimate of drug-likeness (QED) is 0.438. The van der Waals surface area contributed by atoms with Gasteiger partial charge in [-0.25, -0.2) is 0 Å². The maximum atomic E-state index is 13.6. The number of methoxy groups -OCH3 is 1. The maximum Gasteiger partial charge on any atom is 0.254 e. The number of hydrogen-bond donors (Lipinski definition) is 0. The zero-order chi connectivity index (χ0) is 24.9. The van der Waals surface area contributed by atoms with Crippen LogP contribution in [0.3, 0.4) is 0 Å². The molecule has 1 aliphatic rings. The van der Waals surface area contributed by atoms with E-state index >= 15 is 0 Å². The van der Waals surface area contributed by atoms with E-state index in [0.717, 1.165) is 17.5 Å². The van der Waals surface area contributed by atoms with Gasteiger partial charge in [0.25, 0.3) is 5.91 Å². The standard InChI is InChI=1S/C28H32N2O4S/c1-19(2)30(28(32)21-11-9-20(3)10-12-21)17-27(31)29-15-13-26-22(14-16-35-26)23(29)18-34-25-8-6-5-7-24(25)33-4/h5-12,14,16,19,23H,13,15,17-18H2,1-4H3. The number of carbonyl (C=O) groups is 2. The van der Waals surface area contributed by atoms with Gasteiger partial charge in [-0.1, -0.05) is 29.8 Å². The molecule has 0 saturated carbocycles. The van der Waals surface area contributed by atoms with Crippen molar-refractivity contribution in [3.63, 3.8) is 0 Å². The monoisotopic (exact) mass is 492 g/mol. The highest BCUT2D eigenvalue weighted by molar-refractivity contribution is 7.10. The van der Waals surface area contributed by atoms with Gasteiger partial charge < -0.3 is 19.3 Å². The largest absolute Gasteiger partial charge is 0.493 e. The lowest BCUT2D eigenvalue weighted by Gasteiger charge is -2.37. The number of aryl methyl sites for hydroxylation is 1. The fraction of sp³-hybridized carbons (Fsp3) is 0.357. The third-order valence-electron chi connectivity index (χ3n) is 6.37. The van der Waals surface area contributed by atoms with E-state index in [-0.39, 0.29) is 30.4 Å². The molecule has 35 heavy (non-hydrogen) atoms. The molecule has 0 N–H and O–H groups in total. The second-order valence-electron chi connectivity index (χ2n) is 9.01. The lowest BCUT2D eigenvalue weighted by atomic mass is 10.00. The van der Waals surface area contributed by atoms with Gasteiger partial charge in [-0.2, -0.15) is 0 Å². The second-order valence-corrected chi connectivity index (χ2v) is 10.0. The predicted molar refractivity (Wildman–Crippen MR) is 138 cm³/mol. The summed E-state index contributed by atoms with van der Waals surface area (Å²) in [6.07, 6.45) is 0.803. The minimum atomic E-state index is -0.231. The molecule has 3 aromatic rings. The van der Waals surface area contributed by atoms with Crippen LogP contribution in [0.5, 0.6) is 11.5 Å². The molecule has 4 rings (SSSR count). The number of benzene rings is 2. The van der Waals surface area contributed by atoms with Crippen LogP contribution in [0.25, 0.3) is 0 Å². The highest BCUT2D eigenvalue weighted by Gasteiger charge is 2.34. The number of ether oxygens (including phenoxy) is 2. The summed E-state index contributed by atoms with van der Waals surface area (Å²) in [6, 6.07) is 16.7. The Kier molecular flexibility index (Phi) is 7.76. The van der Waals surface area contributed by atoms with E-state index in [2.05, 4.69) is 11.4 Å². The zero-order valence-corrected chi connectivity index (χ0v) is 21.5. The Hall–Kier alpha value is -3.32. The Morgan fingerprint density at radius 2 is 1.80 bits per heavy atom. The number of carbonyl (C=O) groups excluding carboxylic acids is 2. The topological polar surface area (TPSA) is 59.1 Å². The van der Waals surface area contributed by atoms with Crippen LogP contribution in [0.1, 0.15) is 46.3 Å². The summed E-state index contributed by atoms with van der Waals surface area (Å²) >= 11 is 1.71. The van der Waals surface area contributed by atoms with E-state index in [1.165, 1.54) is 4.88 Å². The molecule has 1 unspecified atom stereocenters. The van der Waals surface area contributed by atoms with E-state index < -0.39 is 0 Å². The third kappa shape index (κ3) is 5.51. The molecule has 0 fully saturated rings. The summed E-state index contributed by atoms with van der Waals surface area (Å²) in [5, 5.41) is 2.07. The summed E-state index contributed by atoms with van der Waals surface area (Å²) in [5.74, 6) is 1.08. The molecule has 2 aromatic carbocycles. The predicted octanol–water partition coefficient (Wildman–Crippen LogP) is 5.12. The summed E-state index contributed by atoms with van der Waals surface area (Å²) in [6.45, 7) is 6.79. The van der Waals surface area contributed by atoms with E-state index in [0.29, 0.717) is 30.2 Å². The molecule has 0 radical (unpaired) electrons. The number of thiophene rings is 1. The van der Waals surface area contributed by atoms with Crippen molar-refractivity contribution in [2.75, 3.05) is 26.8 Å². The number of amides is 2. The van der Waals surface area contributed by atoms with Gasteiger partial charge in [-0.05, 0) is 68.5 Å². The Morgan fingerprint density at radius 3 is 2.49 bits per heavy atom. The molecule has 1 aromatic heterocycles. The van der Waals surface area contributed by atoms with Crippen molar-refractivity contribution in [2.24, 2.45) is 0 Å². The van der Waals surface area contributed by atoms with Gasteiger partial charge in [-0.15, -0.1) is 11.3 Å². The fourth-order valence-electron chi connectivity index (χ4n) is 4.37. The summed E-state index contributed by atoms with van der Waals surface area (Å²) in [7, 11) is 1.61. The fourth-order valence-corrected chi connectivity index (χ4v) is 5.30. The number of nitrogens with zero attached hydrogens (tertiary/aromatic N) is 2. The van der Waals surface area contributed by atoms with Gasteiger partial charge in [0.15, 0.2) is 11.5 Å². The van der Waals surface area contributed by atoms with Crippen molar-refractivity contribution >= 4 is 23.2 Å². The zero-order valence-electron chi connectivity index (χ0n) is 20.7. The van der Waals surface area contributed by atoms with Crippen molar-refractivity contribution in [3.8, 4) is 11.5 Å². The molecule has 1 atom stereocenters. The van der Waals surface area contributed by atoms with Crippen molar-refractivity contribution in [1.29, 1.82) is 0 Å².